The smallest absolute Gasteiger partial charge is 0.271 e. The number of rotatable bonds is 8. The molecule has 2 heterocycles. The monoisotopic (exact) mass is 466 g/mol. The fourth-order valence-electron chi connectivity index (χ4n) is 5.04. The van der Waals surface area contributed by atoms with Gasteiger partial charge in [0.2, 0.25) is 5.91 Å². The van der Waals surface area contributed by atoms with Crippen LogP contribution in [0.4, 0.5) is 0 Å². The van der Waals surface area contributed by atoms with E-state index in [1.54, 1.807) is 13.2 Å². The van der Waals surface area contributed by atoms with Gasteiger partial charge in [-0.3, -0.25) is 14.4 Å². The standard InChI is InChI=1S/C25H30N4O5/c1-3-34-17-11-21(24(31)27-16(13-26)10-15-6-4-8-22(15)30)29(14-17)25(32)20-12-18-19(28-20)7-5-9-23(18)33-2/h5,7,9,12,15-17,21,28H,3-4,6,8,10-11,14H2,1-2H3,(H,27,31)/t15-,16-,17+,21-/m0/s1. The molecule has 180 valence electrons. The van der Waals surface area contributed by atoms with Crippen LogP contribution in [-0.2, 0) is 14.3 Å². The van der Waals surface area contributed by atoms with Gasteiger partial charge in [0.25, 0.3) is 5.91 Å². The van der Waals surface area contributed by atoms with Crippen LogP contribution >= 0.6 is 0 Å². The zero-order valence-electron chi connectivity index (χ0n) is 19.5. The van der Waals surface area contributed by atoms with Crippen molar-refractivity contribution >= 4 is 28.5 Å². The number of benzene rings is 1. The first-order valence-corrected chi connectivity index (χ1v) is 11.8. The molecule has 1 aromatic carbocycles. The molecule has 4 atom stereocenters. The Morgan fingerprint density at radius 1 is 1.38 bits per heavy atom. The van der Waals surface area contributed by atoms with Crippen LogP contribution < -0.4 is 10.1 Å². The minimum atomic E-state index is -0.778. The van der Waals surface area contributed by atoms with Gasteiger partial charge in [-0.25, -0.2) is 0 Å². The van der Waals surface area contributed by atoms with Gasteiger partial charge in [-0.15, -0.1) is 0 Å². The van der Waals surface area contributed by atoms with Crippen LogP contribution in [0.2, 0.25) is 0 Å². The van der Waals surface area contributed by atoms with Crippen LogP contribution in [0.5, 0.6) is 5.75 Å². The van der Waals surface area contributed by atoms with E-state index < -0.39 is 18.0 Å². The topological polar surface area (TPSA) is 125 Å². The minimum absolute atomic E-state index is 0.151. The lowest BCUT2D eigenvalue weighted by atomic mass is 9.98. The number of likely N-dealkylation sites (tertiary alicyclic amines) is 1. The van der Waals surface area contributed by atoms with Crippen molar-refractivity contribution in [3.63, 3.8) is 0 Å². The van der Waals surface area contributed by atoms with Crippen LogP contribution in [0.25, 0.3) is 10.9 Å². The molecule has 9 heteroatoms. The highest BCUT2D eigenvalue weighted by atomic mass is 16.5. The Bertz CT molecular complexity index is 1120. The second-order valence-electron chi connectivity index (χ2n) is 8.87. The number of carbonyl (C=O) groups is 3. The quantitative estimate of drug-likeness (QED) is 0.616. The summed E-state index contributed by atoms with van der Waals surface area (Å²) < 4.78 is 11.1. The summed E-state index contributed by atoms with van der Waals surface area (Å²) in [6.45, 7) is 2.61. The molecule has 2 fully saturated rings. The molecule has 2 amide bonds. The number of ketones is 1. The predicted octanol–water partition coefficient (Wildman–Crippen LogP) is 2.56. The Hall–Kier alpha value is -3.38. The van der Waals surface area contributed by atoms with E-state index in [0.717, 1.165) is 23.7 Å². The van der Waals surface area contributed by atoms with Crippen molar-refractivity contribution in [3.05, 3.63) is 30.0 Å². The van der Waals surface area contributed by atoms with Crippen LogP contribution in [0.3, 0.4) is 0 Å². The summed E-state index contributed by atoms with van der Waals surface area (Å²) >= 11 is 0. The van der Waals surface area contributed by atoms with Gasteiger partial charge in [-0.2, -0.15) is 5.26 Å². The summed E-state index contributed by atoms with van der Waals surface area (Å²) in [7, 11) is 1.57. The number of hydrogen-bond donors (Lipinski definition) is 2. The molecule has 1 aromatic heterocycles. The Balaban J connectivity index is 1.53. The fourth-order valence-corrected chi connectivity index (χ4v) is 5.04. The third-order valence-electron chi connectivity index (χ3n) is 6.73. The number of nitrogens with one attached hydrogen (secondary N) is 2. The SMILES string of the molecule is CCO[C@@H]1C[C@@H](C(=O)N[C@H](C#N)C[C@@H]2CCCC2=O)N(C(=O)c2cc3c(OC)cccc3[nH]2)C1. The lowest BCUT2D eigenvalue weighted by Gasteiger charge is -2.24. The molecule has 2 N–H and O–H groups in total. The molecule has 2 aliphatic rings. The number of amides is 2. The number of ether oxygens (including phenoxy) is 2. The van der Waals surface area contributed by atoms with Crippen LogP contribution in [0.1, 0.15) is 49.5 Å². The van der Waals surface area contributed by atoms with Gasteiger partial charge in [0.1, 0.15) is 29.3 Å². The minimum Gasteiger partial charge on any atom is -0.496 e. The van der Waals surface area contributed by atoms with Gasteiger partial charge in [0.15, 0.2) is 0 Å². The molecule has 1 saturated heterocycles. The Kier molecular flexibility index (Phi) is 7.17. The zero-order chi connectivity index (χ0) is 24.2. The molecule has 0 unspecified atom stereocenters. The summed E-state index contributed by atoms with van der Waals surface area (Å²) in [6.07, 6.45) is 2.48. The van der Waals surface area contributed by atoms with Crippen molar-refractivity contribution in [1.82, 2.24) is 15.2 Å². The van der Waals surface area contributed by atoms with E-state index >= 15 is 0 Å². The third-order valence-corrected chi connectivity index (χ3v) is 6.73. The van der Waals surface area contributed by atoms with Gasteiger partial charge < -0.3 is 24.7 Å². The van der Waals surface area contributed by atoms with E-state index in [9.17, 15) is 19.6 Å². The zero-order valence-corrected chi connectivity index (χ0v) is 19.5. The highest BCUT2D eigenvalue weighted by Gasteiger charge is 2.41. The molecule has 1 aliphatic carbocycles. The first-order chi connectivity index (χ1) is 16.4. The van der Waals surface area contributed by atoms with Gasteiger partial charge in [-0.05, 0) is 44.4 Å². The van der Waals surface area contributed by atoms with Gasteiger partial charge in [0, 0.05) is 42.8 Å². The molecular formula is C25H30N4O5. The summed E-state index contributed by atoms with van der Waals surface area (Å²) in [5.41, 5.74) is 1.11. The maximum Gasteiger partial charge on any atom is 0.271 e. The average molecular weight is 467 g/mol. The summed E-state index contributed by atoms with van der Waals surface area (Å²) in [6, 6.07) is 7.79. The number of Topliss-reactive ketones (excluding diaryl/α,β-unsaturated/α-hetero) is 1. The molecule has 0 radical (unpaired) electrons. The number of hydrogen-bond acceptors (Lipinski definition) is 6. The summed E-state index contributed by atoms with van der Waals surface area (Å²) in [5.74, 6) is -0.114. The van der Waals surface area contributed by atoms with E-state index in [4.69, 9.17) is 9.47 Å². The van der Waals surface area contributed by atoms with Gasteiger partial charge in [0.05, 0.1) is 19.3 Å². The predicted molar refractivity (Wildman–Crippen MR) is 124 cm³/mol. The van der Waals surface area contributed by atoms with E-state index in [1.807, 2.05) is 25.1 Å². The molecule has 9 nitrogen and oxygen atoms in total. The van der Waals surface area contributed by atoms with Gasteiger partial charge >= 0.3 is 0 Å². The molecule has 0 bridgehead atoms. The van der Waals surface area contributed by atoms with E-state index in [1.165, 1.54) is 4.90 Å². The molecule has 34 heavy (non-hydrogen) atoms. The highest BCUT2D eigenvalue weighted by molar-refractivity contribution is 6.01. The van der Waals surface area contributed by atoms with Crippen molar-refractivity contribution in [2.24, 2.45) is 5.92 Å². The van der Waals surface area contributed by atoms with E-state index in [-0.39, 0.29) is 30.3 Å². The Morgan fingerprint density at radius 2 is 2.21 bits per heavy atom. The summed E-state index contributed by atoms with van der Waals surface area (Å²) in [5, 5.41) is 13.1. The van der Waals surface area contributed by atoms with Crippen LogP contribution in [0.15, 0.2) is 24.3 Å². The molecule has 4 rings (SSSR count). The summed E-state index contributed by atoms with van der Waals surface area (Å²) in [4.78, 5) is 43.3. The lowest BCUT2D eigenvalue weighted by molar-refractivity contribution is -0.126. The highest BCUT2D eigenvalue weighted by Crippen LogP contribution is 2.29. The van der Waals surface area contributed by atoms with Crippen molar-refractivity contribution in [2.75, 3.05) is 20.3 Å². The number of fused-ring (bicyclic) bond motifs is 1. The molecule has 0 spiro atoms. The molecule has 1 saturated carbocycles. The number of nitrogens with zero attached hydrogens (tertiary/aromatic N) is 2. The fraction of sp³-hybridized carbons (Fsp3) is 0.520. The van der Waals surface area contributed by atoms with Crippen LogP contribution in [-0.4, -0.2) is 65.9 Å². The van der Waals surface area contributed by atoms with Crippen molar-refractivity contribution in [3.8, 4) is 11.8 Å². The average Bonchev–Trinajstić information content (AvgIpc) is 3.56. The number of aromatic nitrogens is 1. The maximum atomic E-state index is 13.5. The first kappa shape index (κ1) is 23.8. The van der Waals surface area contributed by atoms with E-state index in [2.05, 4.69) is 16.4 Å². The van der Waals surface area contributed by atoms with Crippen molar-refractivity contribution in [1.29, 1.82) is 5.26 Å². The number of H-pyrrole nitrogens is 1. The van der Waals surface area contributed by atoms with Crippen molar-refractivity contribution in [2.45, 2.75) is 57.2 Å². The van der Waals surface area contributed by atoms with Crippen molar-refractivity contribution < 1.29 is 23.9 Å². The van der Waals surface area contributed by atoms with E-state index in [0.29, 0.717) is 37.3 Å². The second kappa shape index (κ2) is 10.3. The number of methoxy groups -OCH3 is 1. The first-order valence-electron chi connectivity index (χ1n) is 11.8. The molecular weight excluding hydrogens is 436 g/mol. The largest absolute Gasteiger partial charge is 0.496 e. The number of aromatic amines is 1. The number of carbonyl (C=O) groups excluding carboxylic acids is 3. The van der Waals surface area contributed by atoms with Gasteiger partial charge in [-0.1, -0.05) is 6.07 Å². The normalized spacial score (nSPS) is 23.1. The van der Waals surface area contributed by atoms with Crippen LogP contribution in [0, 0.1) is 17.2 Å². The lowest BCUT2D eigenvalue weighted by Crippen LogP contribution is -2.49. The number of nitriles is 1. The second-order valence-corrected chi connectivity index (χ2v) is 8.87. The molecule has 2 aromatic rings. The Labute approximate surface area is 198 Å². The third kappa shape index (κ3) is 4.77. The Morgan fingerprint density at radius 3 is 2.88 bits per heavy atom. The molecule has 1 aliphatic heterocycles. The maximum absolute atomic E-state index is 13.5.